The van der Waals surface area contributed by atoms with Crippen LogP contribution in [0.25, 0.3) is 0 Å². The third-order valence-corrected chi connectivity index (χ3v) is 3.69. The van der Waals surface area contributed by atoms with E-state index in [0.29, 0.717) is 0 Å². The number of aromatic nitrogens is 2. The Morgan fingerprint density at radius 3 is 2.36 bits per heavy atom. The van der Waals surface area contributed by atoms with Crippen LogP contribution in [0.3, 0.4) is 0 Å². The number of hydrogen-bond acceptors (Lipinski definition) is 2. The van der Waals surface area contributed by atoms with Gasteiger partial charge in [0.1, 0.15) is 0 Å². The Labute approximate surface area is 84.7 Å². The molecule has 0 spiro atoms. The van der Waals surface area contributed by atoms with Gasteiger partial charge in [0.2, 0.25) is 0 Å². The van der Waals surface area contributed by atoms with Crippen molar-refractivity contribution in [1.82, 2.24) is 9.78 Å². The number of rotatable bonds is 1. The fraction of sp³-hybridized carbons (Fsp3) is 0.727. The Balaban J connectivity index is 2.45. The lowest BCUT2D eigenvalue weighted by Crippen LogP contribution is -2.51. The van der Waals surface area contributed by atoms with Crippen LogP contribution < -0.4 is 0 Å². The molecule has 3 heteroatoms. The van der Waals surface area contributed by atoms with E-state index >= 15 is 0 Å². The zero-order chi connectivity index (χ0) is 10.6. The van der Waals surface area contributed by atoms with Crippen molar-refractivity contribution in [2.24, 2.45) is 12.5 Å². The first-order valence-corrected chi connectivity index (χ1v) is 5.10. The van der Waals surface area contributed by atoms with Crippen molar-refractivity contribution in [1.29, 1.82) is 0 Å². The summed E-state index contributed by atoms with van der Waals surface area (Å²) in [5, 5.41) is 14.8. The van der Waals surface area contributed by atoms with Crippen molar-refractivity contribution in [3.63, 3.8) is 0 Å². The van der Waals surface area contributed by atoms with Crippen LogP contribution >= 0.6 is 0 Å². The molecule has 1 aromatic rings. The summed E-state index contributed by atoms with van der Waals surface area (Å²) in [6.07, 6.45) is 3.88. The van der Waals surface area contributed by atoms with Gasteiger partial charge in [0, 0.05) is 18.8 Å². The Hall–Kier alpha value is -0.830. The van der Waals surface area contributed by atoms with E-state index in [-0.39, 0.29) is 5.41 Å². The predicted octanol–water partition coefficient (Wildman–Crippen LogP) is 1.74. The van der Waals surface area contributed by atoms with Crippen molar-refractivity contribution >= 4 is 0 Å². The molecule has 1 heterocycles. The second-order valence-electron chi connectivity index (χ2n) is 5.05. The van der Waals surface area contributed by atoms with Gasteiger partial charge in [-0.15, -0.1) is 0 Å². The van der Waals surface area contributed by atoms with Crippen molar-refractivity contribution in [3.8, 4) is 0 Å². The van der Waals surface area contributed by atoms with Crippen molar-refractivity contribution in [2.75, 3.05) is 0 Å². The SMILES string of the molecule is Cc1nn(C)cc1C1(O)CCC1(C)C. The summed E-state index contributed by atoms with van der Waals surface area (Å²) in [5.41, 5.74) is 1.27. The van der Waals surface area contributed by atoms with E-state index in [1.807, 2.05) is 20.2 Å². The number of aliphatic hydroxyl groups is 1. The smallest absolute Gasteiger partial charge is 0.0980 e. The molecule has 0 aromatic carbocycles. The van der Waals surface area contributed by atoms with Gasteiger partial charge in [0.25, 0.3) is 0 Å². The first-order chi connectivity index (χ1) is 6.37. The molecular weight excluding hydrogens is 176 g/mol. The van der Waals surface area contributed by atoms with Crippen LogP contribution in [0.5, 0.6) is 0 Å². The summed E-state index contributed by atoms with van der Waals surface area (Å²) in [5.74, 6) is 0. The van der Waals surface area contributed by atoms with E-state index in [0.717, 1.165) is 24.1 Å². The fourth-order valence-electron chi connectivity index (χ4n) is 2.37. The molecule has 3 nitrogen and oxygen atoms in total. The first kappa shape index (κ1) is 9.71. The van der Waals surface area contributed by atoms with Gasteiger partial charge in [-0.3, -0.25) is 4.68 Å². The van der Waals surface area contributed by atoms with E-state index in [9.17, 15) is 5.11 Å². The molecule has 0 radical (unpaired) electrons. The minimum Gasteiger partial charge on any atom is -0.384 e. The van der Waals surface area contributed by atoms with Crippen LogP contribution in [0.2, 0.25) is 0 Å². The van der Waals surface area contributed by atoms with E-state index < -0.39 is 5.60 Å². The molecule has 0 saturated heterocycles. The van der Waals surface area contributed by atoms with Gasteiger partial charge in [-0.2, -0.15) is 5.10 Å². The average Bonchev–Trinajstić information content (AvgIpc) is 2.42. The third kappa shape index (κ3) is 1.05. The zero-order valence-corrected chi connectivity index (χ0v) is 9.33. The molecule has 0 amide bonds. The molecule has 1 saturated carbocycles. The number of hydrogen-bond donors (Lipinski definition) is 1. The maximum absolute atomic E-state index is 10.5. The highest BCUT2D eigenvalue weighted by atomic mass is 16.3. The standard InChI is InChI=1S/C11H18N2O/c1-8-9(7-13(4)12-8)11(14)6-5-10(11,2)3/h7,14H,5-6H2,1-4H3. The molecular formula is C11H18N2O. The lowest BCUT2D eigenvalue weighted by atomic mass is 9.56. The lowest BCUT2D eigenvalue weighted by molar-refractivity contribution is -0.156. The van der Waals surface area contributed by atoms with Gasteiger partial charge in [0.05, 0.1) is 11.3 Å². The minimum atomic E-state index is -0.661. The van der Waals surface area contributed by atoms with E-state index in [1.165, 1.54) is 0 Å². The summed E-state index contributed by atoms with van der Waals surface area (Å²) in [6, 6.07) is 0. The summed E-state index contributed by atoms with van der Waals surface area (Å²) < 4.78 is 1.77. The second kappa shape index (κ2) is 2.60. The molecule has 14 heavy (non-hydrogen) atoms. The molecule has 0 bridgehead atoms. The molecule has 1 aromatic heterocycles. The highest BCUT2D eigenvalue weighted by Gasteiger charge is 2.54. The molecule has 1 fully saturated rings. The lowest BCUT2D eigenvalue weighted by Gasteiger charge is -2.52. The maximum atomic E-state index is 10.5. The molecule has 1 aliphatic rings. The van der Waals surface area contributed by atoms with Crippen molar-refractivity contribution < 1.29 is 5.11 Å². The van der Waals surface area contributed by atoms with Gasteiger partial charge in [-0.05, 0) is 25.2 Å². The fourth-order valence-corrected chi connectivity index (χ4v) is 2.37. The Bertz CT molecular complexity index is 367. The van der Waals surface area contributed by atoms with Gasteiger partial charge < -0.3 is 5.11 Å². The molecule has 1 aliphatic carbocycles. The van der Waals surface area contributed by atoms with Gasteiger partial charge in [-0.25, -0.2) is 0 Å². The average molecular weight is 194 g/mol. The molecule has 2 rings (SSSR count). The Morgan fingerprint density at radius 1 is 1.43 bits per heavy atom. The summed E-state index contributed by atoms with van der Waals surface area (Å²) in [7, 11) is 1.89. The van der Waals surface area contributed by atoms with Crippen LogP contribution in [0, 0.1) is 12.3 Å². The summed E-state index contributed by atoms with van der Waals surface area (Å²) >= 11 is 0. The molecule has 78 valence electrons. The van der Waals surface area contributed by atoms with Crippen molar-refractivity contribution in [3.05, 3.63) is 17.5 Å². The topological polar surface area (TPSA) is 38.0 Å². The van der Waals surface area contributed by atoms with Gasteiger partial charge in [0.15, 0.2) is 0 Å². The predicted molar refractivity (Wildman–Crippen MR) is 54.9 cm³/mol. The Morgan fingerprint density at radius 2 is 2.07 bits per heavy atom. The van der Waals surface area contributed by atoms with E-state index in [4.69, 9.17) is 0 Å². The second-order valence-corrected chi connectivity index (χ2v) is 5.05. The molecule has 1 atom stereocenters. The van der Waals surface area contributed by atoms with Crippen LogP contribution in [0.4, 0.5) is 0 Å². The normalized spacial score (nSPS) is 30.1. The Kier molecular flexibility index (Phi) is 1.80. The highest BCUT2D eigenvalue weighted by Crippen LogP contribution is 2.56. The molecule has 1 N–H and O–H groups in total. The molecule has 1 unspecified atom stereocenters. The summed E-state index contributed by atoms with van der Waals surface area (Å²) in [6.45, 7) is 6.19. The minimum absolute atomic E-state index is 0.0131. The quantitative estimate of drug-likeness (QED) is 0.739. The zero-order valence-electron chi connectivity index (χ0n) is 9.33. The maximum Gasteiger partial charge on any atom is 0.0980 e. The van der Waals surface area contributed by atoms with E-state index in [1.54, 1.807) is 4.68 Å². The van der Waals surface area contributed by atoms with Crippen LogP contribution in [0.1, 0.15) is 37.9 Å². The van der Waals surface area contributed by atoms with Gasteiger partial charge in [-0.1, -0.05) is 13.8 Å². The number of nitrogens with zero attached hydrogens (tertiary/aromatic N) is 2. The number of aryl methyl sites for hydroxylation is 2. The monoisotopic (exact) mass is 194 g/mol. The van der Waals surface area contributed by atoms with Gasteiger partial charge >= 0.3 is 0 Å². The van der Waals surface area contributed by atoms with Crippen molar-refractivity contribution in [2.45, 2.75) is 39.2 Å². The van der Waals surface area contributed by atoms with Crippen LogP contribution in [-0.2, 0) is 12.6 Å². The third-order valence-electron chi connectivity index (χ3n) is 3.69. The van der Waals surface area contributed by atoms with Crippen LogP contribution in [0.15, 0.2) is 6.20 Å². The van der Waals surface area contributed by atoms with Crippen LogP contribution in [-0.4, -0.2) is 14.9 Å². The first-order valence-electron chi connectivity index (χ1n) is 5.10. The largest absolute Gasteiger partial charge is 0.384 e. The molecule has 0 aliphatic heterocycles. The van der Waals surface area contributed by atoms with E-state index in [2.05, 4.69) is 18.9 Å². The summed E-state index contributed by atoms with van der Waals surface area (Å²) in [4.78, 5) is 0. The highest BCUT2D eigenvalue weighted by molar-refractivity contribution is 5.29.